The van der Waals surface area contributed by atoms with E-state index in [1.807, 2.05) is 0 Å². The summed E-state index contributed by atoms with van der Waals surface area (Å²) in [6, 6.07) is 0. The fourth-order valence-electron chi connectivity index (χ4n) is 1.35. The summed E-state index contributed by atoms with van der Waals surface area (Å²) in [5.41, 5.74) is -1.19. The SMILES string of the molecule is CCN(CC)CCCOC(=O)C(C)(CO)CO. The predicted molar refractivity (Wildman–Crippen MR) is 65.6 cm³/mol. The largest absolute Gasteiger partial charge is 0.465 e. The van der Waals surface area contributed by atoms with E-state index in [4.69, 9.17) is 14.9 Å². The number of carbonyl (C=O) groups excluding carboxylic acids is 1. The number of aliphatic hydroxyl groups is 2. The van der Waals surface area contributed by atoms with Gasteiger partial charge in [-0.05, 0) is 26.4 Å². The van der Waals surface area contributed by atoms with Gasteiger partial charge in [0.25, 0.3) is 0 Å². The van der Waals surface area contributed by atoms with Crippen LogP contribution < -0.4 is 0 Å². The fraction of sp³-hybridized carbons (Fsp3) is 0.917. The summed E-state index contributed by atoms with van der Waals surface area (Å²) >= 11 is 0. The average molecular weight is 247 g/mol. The summed E-state index contributed by atoms with van der Waals surface area (Å²) < 4.78 is 5.04. The molecule has 0 spiro atoms. The van der Waals surface area contributed by atoms with Crippen LogP contribution in [0.3, 0.4) is 0 Å². The van der Waals surface area contributed by atoms with E-state index in [-0.39, 0.29) is 0 Å². The first-order chi connectivity index (χ1) is 8.03. The molecule has 0 unspecified atom stereocenters. The second kappa shape index (κ2) is 8.44. The topological polar surface area (TPSA) is 70.0 Å². The van der Waals surface area contributed by atoms with Crippen molar-refractivity contribution in [1.29, 1.82) is 0 Å². The molecule has 2 N–H and O–H groups in total. The second-order valence-electron chi connectivity index (χ2n) is 4.39. The third-order valence-electron chi connectivity index (χ3n) is 2.94. The van der Waals surface area contributed by atoms with E-state index in [0.29, 0.717) is 6.61 Å². The summed E-state index contributed by atoms with van der Waals surface area (Å²) in [6.07, 6.45) is 0.764. The van der Waals surface area contributed by atoms with Crippen LogP contribution in [0.5, 0.6) is 0 Å². The van der Waals surface area contributed by atoms with Crippen molar-refractivity contribution >= 4 is 5.97 Å². The van der Waals surface area contributed by atoms with Gasteiger partial charge in [0.15, 0.2) is 0 Å². The van der Waals surface area contributed by atoms with Crippen molar-refractivity contribution in [3.63, 3.8) is 0 Å². The van der Waals surface area contributed by atoms with Gasteiger partial charge in [-0.15, -0.1) is 0 Å². The highest BCUT2D eigenvalue weighted by Crippen LogP contribution is 2.16. The third-order valence-corrected chi connectivity index (χ3v) is 2.94. The summed E-state index contributed by atoms with van der Waals surface area (Å²) in [5, 5.41) is 18.0. The molecule has 0 aromatic rings. The van der Waals surface area contributed by atoms with E-state index in [0.717, 1.165) is 26.1 Å². The smallest absolute Gasteiger partial charge is 0.316 e. The van der Waals surface area contributed by atoms with E-state index < -0.39 is 24.6 Å². The van der Waals surface area contributed by atoms with E-state index >= 15 is 0 Å². The Hall–Kier alpha value is -0.650. The standard InChI is InChI=1S/C12H25NO4/c1-4-13(5-2)7-6-8-17-11(16)12(3,9-14)10-15/h14-15H,4-10H2,1-3H3. The Bertz CT molecular complexity index is 213. The van der Waals surface area contributed by atoms with Crippen LogP contribution in [-0.2, 0) is 9.53 Å². The van der Waals surface area contributed by atoms with E-state index in [9.17, 15) is 4.79 Å². The molecule has 0 saturated heterocycles. The summed E-state index contributed by atoms with van der Waals surface area (Å²) in [7, 11) is 0. The van der Waals surface area contributed by atoms with Crippen LogP contribution in [0.4, 0.5) is 0 Å². The maximum atomic E-state index is 11.6. The highest BCUT2D eigenvalue weighted by molar-refractivity contribution is 5.76. The molecular formula is C12H25NO4. The van der Waals surface area contributed by atoms with Crippen LogP contribution in [0, 0.1) is 5.41 Å². The Morgan fingerprint density at radius 3 is 2.18 bits per heavy atom. The normalized spacial score (nSPS) is 11.9. The van der Waals surface area contributed by atoms with Gasteiger partial charge in [-0.1, -0.05) is 13.8 Å². The van der Waals surface area contributed by atoms with Crippen molar-refractivity contribution in [2.24, 2.45) is 5.41 Å². The Kier molecular flexibility index (Phi) is 8.12. The Balaban J connectivity index is 3.85. The molecule has 0 rings (SSSR count). The third kappa shape index (κ3) is 5.48. The minimum atomic E-state index is -1.19. The molecule has 0 amide bonds. The van der Waals surface area contributed by atoms with Crippen LogP contribution in [0.1, 0.15) is 27.2 Å². The van der Waals surface area contributed by atoms with Crippen molar-refractivity contribution in [3.8, 4) is 0 Å². The lowest BCUT2D eigenvalue weighted by Crippen LogP contribution is -2.37. The van der Waals surface area contributed by atoms with Crippen molar-refractivity contribution in [1.82, 2.24) is 4.90 Å². The first kappa shape index (κ1) is 16.4. The Morgan fingerprint density at radius 1 is 1.24 bits per heavy atom. The van der Waals surface area contributed by atoms with Gasteiger partial charge >= 0.3 is 5.97 Å². The van der Waals surface area contributed by atoms with Gasteiger partial charge in [0.1, 0.15) is 5.41 Å². The fourth-order valence-corrected chi connectivity index (χ4v) is 1.35. The minimum Gasteiger partial charge on any atom is -0.465 e. The first-order valence-corrected chi connectivity index (χ1v) is 6.15. The van der Waals surface area contributed by atoms with Crippen LogP contribution in [-0.4, -0.2) is 60.5 Å². The number of aliphatic hydroxyl groups excluding tert-OH is 2. The van der Waals surface area contributed by atoms with Gasteiger partial charge in [0, 0.05) is 6.54 Å². The number of hydrogen-bond donors (Lipinski definition) is 2. The number of hydrogen-bond acceptors (Lipinski definition) is 5. The van der Waals surface area contributed by atoms with Crippen LogP contribution in [0.2, 0.25) is 0 Å². The minimum absolute atomic E-state index is 0.324. The summed E-state index contributed by atoms with van der Waals surface area (Å²) in [5.74, 6) is -0.540. The van der Waals surface area contributed by atoms with Crippen LogP contribution >= 0.6 is 0 Å². The number of esters is 1. The van der Waals surface area contributed by atoms with Gasteiger partial charge in [0.2, 0.25) is 0 Å². The molecule has 0 heterocycles. The molecule has 0 aromatic heterocycles. The number of rotatable bonds is 9. The zero-order chi connectivity index (χ0) is 13.3. The highest BCUT2D eigenvalue weighted by Gasteiger charge is 2.33. The molecule has 0 saturated carbocycles. The molecule has 5 nitrogen and oxygen atoms in total. The zero-order valence-electron chi connectivity index (χ0n) is 11.1. The van der Waals surface area contributed by atoms with Crippen LogP contribution in [0.25, 0.3) is 0 Å². The van der Waals surface area contributed by atoms with E-state index in [1.54, 1.807) is 0 Å². The molecule has 0 fully saturated rings. The monoisotopic (exact) mass is 247 g/mol. The lowest BCUT2D eigenvalue weighted by atomic mass is 9.93. The van der Waals surface area contributed by atoms with Crippen molar-refractivity contribution < 1.29 is 19.7 Å². The Labute approximate surface area is 103 Å². The first-order valence-electron chi connectivity index (χ1n) is 6.15. The maximum Gasteiger partial charge on any atom is 0.316 e. The highest BCUT2D eigenvalue weighted by atomic mass is 16.5. The molecular weight excluding hydrogens is 222 g/mol. The van der Waals surface area contributed by atoms with Crippen LogP contribution in [0.15, 0.2) is 0 Å². The van der Waals surface area contributed by atoms with Crippen molar-refractivity contribution in [2.75, 3.05) is 39.5 Å². The predicted octanol–water partition coefficient (Wildman–Crippen LogP) is 0.252. The van der Waals surface area contributed by atoms with Gasteiger partial charge in [-0.3, -0.25) is 4.79 Å². The summed E-state index contributed by atoms with van der Waals surface area (Å²) in [6.45, 7) is 8.02. The van der Waals surface area contributed by atoms with Gasteiger partial charge in [-0.2, -0.15) is 0 Å². The molecule has 17 heavy (non-hydrogen) atoms. The molecule has 102 valence electrons. The van der Waals surface area contributed by atoms with Gasteiger partial charge in [0.05, 0.1) is 19.8 Å². The molecule has 0 bridgehead atoms. The van der Waals surface area contributed by atoms with E-state index in [1.165, 1.54) is 6.92 Å². The van der Waals surface area contributed by atoms with Crippen molar-refractivity contribution in [2.45, 2.75) is 27.2 Å². The second-order valence-corrected chi connectivity index (χ2v) is 4.39. The van der Waals surface area contributed by atoms with Crippen molar-refractivity contribution in [3.05, 3.63) is 0 Å². The number of nitrogens with zero attached hydrogens (tertiary/aromatic N) is 1. The van der Waals surface area contributed by atoms with Gasteiger partial charge < -0.3 is 19.8 Å². The molecule has 0 aromatic carbocycles. The molecule has 0 aliphatic rings. The molecule has 0 aliphatic carbocycles. The zero-order valence-corrected chi connectivity index (χ0v) is 11.1. The number of carbonyl (C=O) groups is 1. The average Bonchev–Trinajstić information content (AvgIpc) is 2.37. The van der Waals surface area contributed by atoms with E-state index in [2.05, 4.69) is 18.7 Å². The lowest BCUT2D eigenvalue weighted by molar-refractivity contribution is -0.160. The lowest BCUT2D eigenvalue weighted by Gasteiger charge is -2.23. The molecule has 5 heteroatoms. The molecule has 0 aliphatic heterocycles. The molecule has 0 radical (unpaired) electrons. The maximum absolute atomic E-state index is 11.6. The molecule has 0 atom stereocenters. The Morgan fingerprint density at radius 2 is 1.76 bits per heavy atom. The number of ether oxygens (including phenoxy) is 1. The summed E-state index contributed by atoms with van der Waals surface area (Å²) in [4.78, 5) is 13.8. The quantitative estimate of drug-likeness (QED) is 0.451. The van der Waals surface area contributed by atoms with Gasteiger partial charge in [-0.25, -0.2) is 0 Å².